The van der Waals surface area contributed by atoms with Crippen molar-refractivity contribution < 1.29 is 28.8 Å². The highest BCUT2D eigenvalue weighted by Gasteiger charge is 2.48. The SMILES string of the molecule is Cc1nc2ccc(-n3ncnc3[C@@H]3O[C@H](CO)[C@H](O)[C@H](n4cc(-c5cc(F)c(Cl)cc5F)nn4)[C@H]3O)cc2s1. The average Bonchev–Trinajstić information content (AvgIpc) is 3.65. The molecule has 5 aromatic rings. The van der Waals surface area contributed by atoms with Crippen LogP contribution in [0, 0.1) is 18.6 Å². The molecule has 11 nitrogen and oxygen atoms in total. The third kappa shape index (κ3) is 4.48. The van der Waals surface area contributed by atoms with E-state index in [1.807, 2.05) is 19.1 Å². The van der Waals surface area contributed by atoms with Crippen molar-refractivity contribution >= 4 is 33.2 Å². The van der Waals surface area contributed by atoms with Crippen LogP contribution in [0.25, 0.3) is 27.2 Å². The Bertz CT molecular complexity index is 1680. The molecule has 39 heavy (non-hydrogen) atoms. The van der Waals surface area contributed by atoms with Crippen LogP contribution in [0.2, 0.25) is 5.02 Å². The molecule has 1 saturated heterocycles. The predicted molar refractivity (Wildman–Crippen MR) is 135 cm³/mol. The molecular weight excluding hydrogens is 556 g/mol. The monoisotopic (exact) mass is 575 g/mol. The molecule has 6 rings (SSSR count). The van der Waals surface area contributed by atoms with Gasteiger partial charge in [-0.2, -0.15) is 5.10 Å². The summed E-state index contributed by atoms with van der Waals surface area (Å²) >= 11 is 7.16. The zero-order chi connectivity index (χ0) is 27.4. The molecule has 2 aromatic carbocycles. The fourth-order valence-corrected chi connectivity index (χ4v) is 5.71. The fraction of sp³-hybridized carbons (Fsp3) is 0.292. The van der Waals surface area contributed by atoms with Gasteiger partial charge in [0.25, 0.3) is 0 Å². The first-order valence-electron chi connectivity index (χ1n) is 11.7. The maximum atomic E-state index is 14.5. The number of halogens is 3. The molecule has 0 spiro atoms. The lowest BCUT2D eigenvalue weighted by atomic mass is 9.92. The highest BCUT2D eigenvalue weighted by Crippen LogP contribution is 2.39. The maximum absolute atomic E-state index is 14.5. The second-order valence-electron chi connectivity index (χ2n) is 8.99. The summed E-state index contributed by atoms with van der Waals surface area (Å²) in [5.41, 5.74) is 1.21. The minimum absolute atomic E-state index is 0.0534. The first-order valence-corrected chi connectivity index (χ1v) is 12.9. The lowest BCUT2D eigenvalue weighted by molar-refractivity contribution is -0.210. The van der Waals surface area contributed by atoms with Crippen molar-refractivity contribution in [2.24, 2.45) is 0 Å². The summed E-state index contributed by atoms with van der Waals surface area (Å²) in [5.74, 6) is -1.46. The fourth-order valence-electron chi connectivity index (χ4n) is 4.70. The van der Waals surface area contributed by atoms with Gasteiger partial charge in [0.1, 0.15) is 54.1 Å². The molecule has 1 aliphatic heterocycles. The minimum Gasteiger partial charge on any atom is -0.394 e. The van der Waals surface area contributed by atoms with E-state index in [0.717, 1.165) is 32.0 Å². The Morgan fingerprint density at radius 1 is 1.13 bits per heavy atom. The van der Waals surface area contributed by atoms with Gasteiger partial charge in [0.05, 0.1) is 38.7 Å². The molecule has 1 aliphatic rings. The summed E-state index contributed by atoms with van der Waals surface area (Å²) in [6, 6.07) is 6.03. The van der Waals surface area contributed by atoms with Crippen LogP contribution < -0.4 is 0 Å². The summed E-state index contributed by atoms with van der Waals surface area (Å²) in [5, 5.41) is 45.0. The van der Waals surface area contributed by atoms with Gasteiger partial charge in [-0.1, -0.05) is 16.8 Å². The Balaban J connectivity index is 1.37. The molecule has 202 valence electrons. The number of aliphatic hydroxyl groups excluding tert-OH is 3. The highest BCUT2D eigenvalue weighted by atomic mass is 35.5. The van der Waals surface area contributed by atoms with Crippen molar-refractivity contribution in [1.82, 2.24) is 34.7 Å². The predicted octanol–water partition coefficient (Wildman–Crippen LogP) is 2.77. The van der Waals surface area contributed by atoms with E-state index in [1.165, 1.54) is 28.5 Å². The van der Waals surface area contributed by atoms with E-state index < -0.39 is 48.7 Å². The average molecular weight is 576 g/mol. The Morgan fingerprint density at radius 3 is 2.74 bits per heavy atom. The van der Waals surface area contributed by atoms with Gasteiger partial charge in [0.15, 0.2) is 5.82 Å². The lowest BCUT2D eigenvalue weighted by Crippen LogP contribution is -2.53. The normalized spacial score (nSPS) is 23.5. The van der Waals surface area contributed by atoms with Gasteiger partial charge in [-0.25, -0.2) is 28.1 Å². The van der Waals surface area contributed by atoms with E-state index in [4.69, 9.17) is 16.3 Å². The number of aromatic nitrogens is 7. The van der Waals surface area contributed by atoms with Crippen LogP contribution >= 0.6 is 22.9 Å². The zero-order valence-electron chi connectivity index (χ0n) is 20.1. The molecule has 4 heterocycles. The number of rotatable bonds is 5. The van der Waals surface area contributed by atoms with Gasteiger partial charge >= 0.3 is 0 Å². The number of hydrogen-bond donors (Lipinski definition) is 3. The van der Waals surface area contributed by atoms with E-state index >= 15 is 0 Å². The van der Waals surface area contributed by atoms with E-state index in [9.17, 15) is 24.1 Å². The number of benzene rings is 2. The van der Waals surface area contributed by atoms with E-state index in [0.29, 0.717) is 5.69 Å². The van der Waals surface area contributed by atoms with Crippen LogP contribution in [0.5, 0.6) is 0 Å². The van der Waals surface area contributed by atoms with E-state index in [1.54, 1.807) is 6.07 Å². The smallest absolute Gasteiger partial charge is 0.163 e. The van der Waals surface area contributed by atoms with Crippen molar-refractivity contribution in [2.45, 2.75) is 37.4 Å². The second kappa shape index (κ2) is 9.97. The summed E-state index contributed by atoms with van der Waals surface area (Å²) in [6.07, 6.45) is -2.64. The number of thiazole rings is 1. The Labute approximate surface area is 227 Å². The maximum Gasteiger partial charge on any atom is 0.163 e. The highest BCUT2D eigenvalue weighted by molar-refractivity contribution is 7.18. The quantitative estimate of drug-likeness (QED) is 0.269. The summed E-state index contributed by atoms with van der Waals surface area (Å²) < 4.78 is 37.9. The van der Waals surface area contributed by atoms with Crippen LogP contribution in [-0.4, -0.2) is 75.0 Å². The molecule has 15 heteroatoms. The Kier molecular flexibility index (Phi) is 6.61. The van der Waals surface area contributed by atoms with Crippen molar-refractivity contribution in [3.63, 3.8) is 0 Å². The topological polar surface area (TPSA) is 144 Å². The Hall–Kier alpha value is -3.40. The number of fused-ring (bicyclic) bond motifs is 1. The molecular formula is C24H20ClF2N7O4S. The van der Waals surface area contributed by atoms with Gasteiger partial charge in [-0.05, 0) is 37.3 Å². The van der Waals surface area contributed by atoms with Crippen molar-refractivity contribution in [3.05, 3.63) is 70.3 Å². The van der Waals surface area contributed by atoms with E-state index in [2.05, 4.69) is 25.4 Å². The van der Waals surface area contributed by atoms with Gasteiger partial charge in [0, 0.05) is 5.56 Å². The van der Waals surface area contributed by atoms with E-state index in [-0.39, 0.29) is 22.1 Å². The number of nitrogens with zero attached hydrogens (tertiary/aromatic N) is 7. The minimum atomic E-state index is -1.46. The van der Waals surface area contributed by atoms with Crippen LogP contribution in [0.1, 0.15) is 23.0 Å². The lowest BCUT2D eigenvalue weighted by Gasteiger charge is -2.41. The van der Waals surface area contributed by atoms with Gasteiger partial charge in [-0.3, -0.25) is 0 Å². The third-order valence-corrected chi connectivity index (χ3v) is 7.77. The van der Waals surface area contributed by atoms with Gasteiger partial charge in [0.2, 0.25) is 0 Å². The van der Waals surface area contributed by atoms with Gasteiger partial charge < -0.3 is 20.1 Å². The molecule has 0 aliphatic carbocycles. The molecule has 0 bridgehead atoms. The first-order chi connectivity index (χ1) is 18.7. The number of aliphatic hydroxyl groups is 3. The van der Waals surface area contributed by atoms with Crippen molar-refractivity contribution in [2.75, 3.05) is 6.61 Å². The number of hydrogen-bond acceptors (Lipinski definition) is 10. The molecule has 0 amide bonds. The molecule has 3 aromatic heterocycles. The van der Waals surface area contributed by atoms with Crippen LogP contribution in [-0.2, 0) is 4.74 Å². The third-order valence-electron chi connectivity index (χ3n) is 6.55. The van der Waals surface area contributed by atoms with Crippen molar-refractivity contribution in [1.29, 1.82) is 0 Å². The van der Waals surface area contributed by atoms with Gasteiger partial charge in [-0.15, -0.1) is 16.4 Å². The summed E-state index contributed by atoms with van der Waals surface area (Å²) in [6.45, 7) is 1.32. The summed E-state index contributed by atoms with van der Waals surface area (Å²) in [4.78, 5) is 8.76. The first kappa shape index (κ1) is 25.9. The molecule has 0 radical (unpaired) electrons. The summed E-state index contributed by atoms with van der Waals surface area (Å²) in [7, 11) is 0. The standard InChI is InChI=1S/C24H20ClF2N7O4S/c1-10-30-16-3-2-11(4-19(16)39-10)34-24(28-9-29-34)23-22(37)20(21(36)18(8-35)38-23)33-7-17(31-32-33)12-5-15(27)13(25)6-14(12)26/h2-7,9,18,20-23,35-37H,8H2,1H3/t18-,20+,21+,22-,23-/m1/s1. The molecule has 5 atom stereocenters. The molecule has 0 unspecified atom stereocenters. The van der Waals surface area contributed by atoms with Crippen LogP contribution in [0.4, 0.5) is 8.78 Å². The largest absolute Gasteiger partial charge is 0.394 e. The zero-order valence-corrected chi connectivity index (χ0v) is 21.6. The molecule has 3 N–H and O–H groups in total. The molecule has 1 fully saturated rings. The van der Waals surface area contributed by atoms with Crippen LogP contribution in [0.3, 0.4) is 0 Å². The molecule has 0 saturated carbocycles. The second-order valence-corrected chi connectivity index (χ2v) is 10.6. The van der Waals surface area contributed by atoms with Crippen molar-refractivity contribution in [3.8, 4) is 16.9 Å². The Morgan fingerprint density at radius 2 is 1.95 bits per heavy atom. The number of aryl methyl sites for hydroxylation is 1. The van der Waals surface area contributed by atoms with Crippen LogP contribution in [0.15, 0.2) is 42.9 Å². The number of ether oxygens (including phenoxy) is 1.